The van der Waals surface area contributed by atoms with Gasteiger partial charge in [0.25, 0.3) is 0 Å². The van der Waals surface area contributed by atoms with Crippen LogP contribution in [0.25, 0.3) is 22.2 Å². The van der Waals surface area contributed by atoms with Crippen molar-refractivity contribution in [1.82, 2.24) is 19.1 Å². The predicted octanol–water partition coefficient (Wildman–Crippen LogP) is 5.75. The van der Waals surface area contributed by atoms with Crippen molar-refractivity contribution >= 4 is 40.3 Å². The van der Waals surface area contributed by atoms with Crippen LogP contribution in [0.2, 0.25) is 5.02 Å². The van der Waals surface area contributed by atoms with Crippen LogP contribution in [0.5, 0.6) is 0 Å². The quantitative estimate of drug-likeness (QED) is 0.330. The van der Waals surface area contributed by atoms with Crippen molar-refractivity contribution in [1.29, 1.82) is 0 Å². The van der Waals surface area contributed by atoms with Crippen LogP contribution in [0.1, 0.15) is 11.1 Å². The molecule has 1 fully saturated rings. The third-order valence-electron chi connectivity index (χ3n) is 6.61. The standard InChI is InChI=1S/C26H27ClFN5S/c1-17-22(27)10-9-20(25(17)28)26-21-15-29-24(14-23(21)31(2)30-26)33-12-11-32(34-3)16-19(33)13-18-7-5-4-6-8-18/h4-10,14-15,19H,11-13,16H2,1-3H3. The lowest BCUT2D eigenvalue weighted by Crippen LogP contribution is -2.52. The molecule has 1 aliphatic heterocycles. The highest BCUT2D eigenvalue weighted by Crippen LogP contribution is 2.34. The molecule has 8 heteroatoms. The van der Waals surface area contributed by atoms with Gasteiger partial charge in [0, 0.05) is 66.5 Å². The van der Waals surface area contributed by atoms with E-state index in [1.54, 1.807) is 31.0 Å². The average molecular weight is 496 g/mol. The maximum atomic E-state index is 15.0. The van der Waals surface area contributed by atoms with E-state index in [1.807, 2.05) is 17.9 Å². The van der Waals surface area contributed by atoms with Crippen LogP contribution < -0.4 is 4.90 Å². The van der Waals surface area contributed by atoms with Crippen molar-refractivity contribution in [2.24, 2.45) is 7.05 Å². The highest BCUT2D eigenvalue weighted by Gasteiger charge is 2.29. The summed E-state index contributed by atoms with van der Waals surface area (Å²) in [5.41, 5.74) is 3.70. The largest absolute Gasteiger partial charge is 0.351 e. The Hall–Kier alpha value is -2.61. The summed E-state index contributed by atoms with van der Waals surface area (Å²) in [6.07, 6.45) is 4.91. The molecule has 0 bridgehead atoms. The van der Waals surface area contributed by atoms with Crippen LogP contribution in [-0.4, -0.2) is 51.0 Å². The summed E-state index contributed by atoms with van der Waals surface area (Å²) in [5, 5.41) is 5.89. The minimum Gasteiger partial charge on any atom is -0.351 e. The molecule has 3 heterocycles. The Morgan fingerprint density at radius 1 is 1.15 bits per heavy atom. The van der Waals surface area contributed by atoms with E-state index in [-0.39, 0.29) is 5.82 Å². The smallest absolute Gasteiger partial charge is 0.137 e. The van der Waals surface area contributed by atoms with E-state index in [0.29, 0.717) is 27.9 Å². The number of rotatable bonds is 5. The molecule has 1 saturated heterocycles. The minimum absolute atomic E-state index is 0.303. The monoisotopic (exact) mass is 495 g/mol. The van der Waals surface area contributed by atoms with Crippen molar-refractivity contribution in [2.45, 2.75) is 19.4 Å². The van der Waals surface area contributed by atoms with E-state index in [9.17, 15) is 0 Å². The van der Waals surface area contributed by atoms with E-state index in [0.717, 1.165) is 42.8 Å². The first-order chi connectivity index (χ1) is 16.5. The molecule has 5 rings (SSSR count). The number of benzene rings is 2. The van der Waals surface area contributed by atoms with Gasteiger partial charge in [-0.25, -0.2) is 13.7 Å². The highest BCUT2D eigenvalue weighted by molar-refractivity contribution is 7.96. The fourth-order valence-electron chi connectivity index (χ4n) is 4.70. The number of piperazine rings is 1. The van der Waals surface area contributed by atoms with Crippen molar-refractivity contribution in [3.63, 3.8) is 0 Å². The summed E-state index contributed by atoms with van der Waals surface area (Å²) in [7, 11) is 1.89. The van der Waals surface area contributed by atoms with Crippen LogP contribution in [0.15, 0.2) is 54.7 Å². The lowest BCUT2D eigenvalue weighted by atomic mass is 10.0. The van der Waals surface area contributed by atoms with Gasteiger partial charge in [0.15, 0.2) is 0 Å². The summed E-state index contributed by atoms with van der Waals surface area (Å²) in [5.74, 6) is 0.587. The molecule has 1 atom stereocenters. The number of halogens is 2. The molecule has 0 saturated carbocycles. The molecular formula is C26H27ClFN5S. The summed E-state index contributed by atoms with van der Waals surface area (Å²) >= 11 is 7.90. The van der Waals surface area contributed by atoms with Gasteiger partial charge in [-0.2, -0.15) is 5.10 Å². The van der Waals surface area contributed by atoms with Gasteiger partial charge < -0.3 is 4.90 Å². The molecule has 0 radical (unpaired) electrons. The highest BCUT2D eigenvalue weighted by atomic mass is 35.5. The number of aryl methyl sites for hydroxylation is 1. The number of pyridine rings is 1. The average Bonchev–Trinajstić information content (AvgIpc) is 3.18. The summed E-state index contributed by atoms with van der Waals surface area (Å²) < 4.78 is 19.2. The van der Waals surface area contributed by atoms with Gasteiger partial charge in [-0.15, -0.1) is 0 Å². The van der Waals surface area contributed by atoms with Gasteiger partial charge in [-0.1, -0.05) is 53.9 Å². The number of hydrogen-bond donors (Lipinski definition) is 0. The number of fused-ring (bicyclic) bond motifs is 1. The van der Waals surface area contributed by atoms with Crippen molar-refractivity contribution < 1.29 is 4.39 Å². The van der Waals surface area contributed by atoms with Crippen LogP contribution in [0.3, 0.4) is 0 Å². The van der Waals surface area contributed by atoms with Crippen LogP contribution >= 0.6 is 23.5 Å². The first kappa shape index (κ1) is 23.1. The Bertz CT molecular complexity index is 1330. The Morgan fingerprint density at radius 2 is 1.94 bits per heavy atom. The third kappa shape index (κ3) is 4.28. The minimum atomic E-state index is -0.340. The Labute approximate surface area is 208 Å². The van der Waals surface area contributed by atoms with Crippen LogP contribution in [0, 0.1) is 12.7 Å². The third-order valence-corrected chi connectivity index (χ3v) is 7.87. The van der Waals surface area contributed by atoms with Crippen molar-refractivity contribution in [3.8, 4) is 11.3 Å². The number of aromatic nitrogens is 3. The fraction of sp³-hybridized carbons (Fsp3) is 0.308. The van der Waals surface area contributed by atoms with E-state index >= 15 is 4.39 Å². The molecule has 2 aromatic carbocycles. The van der Waals surface area contributed by atoms with Crippen molar-refractivity contribution in [3.05, 3.63) is 76.7 Å². The molecule has 176 valence electrons. The molecule has 0 amide bonds. The van der Waals surface area contributed by atoms with Gasteiger partial charge in [0.2, 0.25) is 0 Å². The first-order valence-electron chi connectivity index (χ1n) is 11.3. The molecule has 0 spiro atoms. The van der Waals surface area contributed by atoms with E-state index in [1.165, 1.54) is 5.56 Å². The molecule has 1 unspecified atom stereocenters. The molecule has 0 N–H and O–H groups in total. The normalized spacial score (nSPS) is 17.0. The summed E-state index contributed by atoms with van der Waals surface area (Å²) in [6, 6.07) is 16.4. The summed E-state index contributed by atoms with van der Waals surface area (Å²) in [6.45, 7) is 4.51. The predicted molar refractivity (Wildman–Crippen MR) is 140 cm³/mol. The number of anilines is 1. The van der Waals surface area contributed by atoms with Gasteiger partial charge in [-0.05, 0) is 37.3 Å². The zero-order valence-corrected chi connectivity index (χ0v) is 21.1. The molecule has 34 heavy (non-hydrogen) atoms. The first-order valence-corrected chi connectivity index (χ1v) is 12.9. The summed E-state index contributed by atoms with van der Waals surface area (Å²) in [4.78, 5) is 7.24. The number of nitrogens with zero attached hydrogens (tertiary/aromatic N) is 5. The van der Waals surface area contributed by atoms with Gasteiger partial charge in [0.05, 0.1) is 5.52 Å². The maximum absolute atomic E-state index is 15.0. The Kier molecular flexibility index (Phi) is 6.51. The lowest BCUT2D eigenvalue weighted by Gasteiger charge is -2.41. The Morgan fingerprint density at radius 3 is 2.71 bits per heavy atom. The second-order valence-electron chi connectivity index (χ2n) is 8.67. The van der Waals surface area contributed by atoms with Gasteiger partial charge in [-0.3, -0.25) is 4.68 Å². The SMILES string of the molecule is CSN1CCN(c2cc3c(cn2)c(-c2ccc(Cl)c(C)c2F)nn3C)C(Cc2ccccc2)C1. The van der Waals surface area contributed by atoms with Gasteiger partial charge in [0.1, 0.15) is 17.3 Å². The molecular weight excluding hydrogens is 469 g/mol. The fourth-order valence-corrected chi connectivity index (χ4v) is 5.43. The molecule has 1 aliphatic rings. The molecule has 0 aliphatic carbocycles. The van der Waals surface area contributed by atoms with E-state index in [2.05, 4.69) is 57.0 Å². The molecule has 2 aromatic heterocycles. The topological polar surface area (TPSA) is 37.2 Å². The van der Waals surface area contributed by atoms with Crippen LogP contribution in [0.4, 0.5) is 10.2 Å². The Balaban J connectivity index is 1.52. The van der Waals surface area contributed by atoms with Crippen molar-refractivity contribution in [2.75, 3.05) is 30.8 Å². The van der Waals surface area contributed by atoms with E-state index in [4.69, 9.17) is 16.6 Å². The van der Waals surface area contributed by atoms with Gasteiger partial charge >= 0.3 is 0 Å². The number of hydrogen-bond acceptors (Lipinski definition) is 5. The molecule has 5 nitrogen and oxygen atoms in total. The second-order valence-corrected chi connectivity index (χ2v) is 9.96. The molecule has 4 aromatic rings. The second kappa shape index (κ2) is 9.56. The zero-order chi connectivity index (χ0) is 23.8. The van der Waals surface area contributed by atoms with Crippen LogP contribution in [-0.2, 0) is 13.5 Å². The lowest BCUT2D eigenvalue weighted by molar-refractivity contribution is 0.358. The van der Waals surface area contributed by atoms with E-state index < -0.39 is 0 Å². The zero-order valence-electron chi connectivity index (χ0n) is 19.5. The maximum Gasteiger partial charge on any atom is 0.137 e.